The number of hydrogen-bond acceptors (Lipinski definition) is 5. The molecule has 0 atom stereocenters. The molecule has 6 heteroatoms. The molecule has 0 aliphatic carbocycles. The summed E-state index contributed by atoms with van der Waals surface area (Å²) in [5.74, 6) is -0.367. The predicted octanol–water partition coefficient (Wildman–Crippen LogP) is 2.68. The number of unbranched alkanes of at least 4 members (excludes halogenated alkanes) is 1. The maximum Gasteiger partial charge on any atom is 0.271 e. The number of benzene rings is 1. The third kappa shape index (κ3) is 3.56. The molecule has 1 aromatic carbocycles. The highest BCUT2D eigenvalue weighted by molar-refractivity contribution is 6.11. The summed E-state index contributed by atoms with van der Waals surface area (Å²) in [6, 6.07) is 8.44. The molecule has 0 unspecified atom stereocenters. The van der Waals surface area contributed by atoms with E-state index in [9.17, 15) is 20.0 Å². The fourth-order valence-electron chi connectivity index (χ4n) is 2.49. The monoisotopic (exact) mass is 340 g/mol. The second kappa shape index (κ2) is 7.67. The molecule has 1 aromatic heterocycles. The number of aromatic hydroxyl groups is 1. The van der Waals surface area contributed by atoms with Gasteiger partial charge in [-0.1, -0.05) is 25.5 Å². The van der Waals surface area contributed by atoms with Crippen LogP contribution in [0.15, 0.2) is 29.1 Å². The van der Waals surface area contributed by atoms with Crippen molar-refractivity contribution in [2.75, 3.05) is 6.61 Å². The van der Waals surface area contributed by atoms with E-state index in [1.807, 2.05) is 0 Å². The molecular weight excluding hydrogens is 320 g/mol. The lowest BCUT2D eigenvalue weighted by Crippen LogP contribution is -2.24. The van der Waals surface area contributed by atoms with Gasteiger partial charge in [0.1, 0.15) is 17.4 Å². The molecule has 0 amide bonds. The third-order valence-corrected chi connectivity index (χ3v) is 4.01. The molecule has 0 saturated carbocycles. The lowest BCUT2D eigenvalue weighted by atomic mass is 9.97. The molecule has 0 bridgehead atoms. The molecule has 1 heterocycles. The molecular formula is C19H20N2O4. The van der Waals surface area contributed by atoms with E-state index in [1.165, 1.54) is 14.0 Å². The predicted molar refractivity (Wildman–Crippen MR) is 93.1 cm³/mol. The number of pyridine rings is 1. The van der Waals surface area contributed by atoms with Gasteiger partial charge < -0.3 is 9.84 Å². The van der Waals surface area contributed by atoms with Gasteiger partial charge >= 0.3 is 0 Å². The molecule has 0 radical (unpaired) electrons. The fraction of sp³-hybridized carbons (Fsp3) is 0.316. The Balaban J connectivity index is 2.49. The summed E-state index contributed by atoms with van der Waals surface area (Å²) in [4.78, 5) is 24.9. The molecule has 0 aliphatic rings. The van der Waals surface area contributed by atoms with Gasteiger partial charge in [-0.15, -0.1) is 0 Å². The molecule has 2 aromatic rings. The van der Waals surface area contributed by atoms with E-state index in [0.29, 0.717) is 17.9 Å². The zero-order valence-electron chi connectivity index (χ0n) is 14.5. The number of carbonyl (C=O) groups is 1. The number of rotatable bonds is 6. The van der Waals surface area contributed by atoms with Crippen LogP contribution in [0.3, 0.4) is 0 Å². The van der Waals surface area contributed by atoms with Gasteiger partial charge in [0.15, 0.2) is 5.78 Å². The van der Waals surface area contributed by atoms with E-state index in [-0.39, 0.29) is 16.7 Å². The molecule has 0 spiro atoms. The highest BCUT2D eigenvalue weighted by Crippen LogP contribution is 2.25. The first-order chi connectivity index (χ1) is 11.9. The van der Waals surface area contributed by atoms with Gasteiger partial charge in [-0.3, -0.25) is 14.2 Å². The van der Waals surface area contributed by atoms with Crippen LogP contribution in [0.1, 0.15) is 46.8 Å². The van der Waals surface area contributed by atoms with E-state index < -0.39 is 17.2 Å². The quantitative estimate of drug-likeness (QED) is 0.645. The van der Waals surface area contributed by atoms with Crippen molar-refractivity contribution in [1.29, 1.82) is 5.26 Å². The van der Waals surface area contributed by atoms with Crippen LogP contribution in [-0.2, 0) is 7.05 Å². The average Bonchev–Trinajstić information content (AvgIpc) is 2.61. The smallest absolute Gasteiger partial charge is 0.271 e. The molecule has 1 N–H and O–H groups in total. The number of hydrogen-bond donors (Lipinski definition) is 1. The standard InChI is InChI=1S/C19H20N2O4/c1-4-5-9-25-14-8-6-7-13(10-14)17(22)16-12(2)15(11-20)18(23)21(3)19(16)24/h6-8,10,24H,4-5,9H2,1-3H3. The van der Waals surface area contributed by atoms with Gasteiger partial charge in [-0.2, -0.15) is 5.26 Å². The van der Waals surface area contributed by atoms with Gasteiger partial charge in [0.25, 0.3) is 5.56 Å². The van der Waals surface area contributed by atoms with E-state index in [1.54, 1.807) is 30.3 Å². The van der Waals surface area contributed by atoms with Crippen LogP contribution >= 0.6 is 0 Å². The highest BCUT2D eigenvalue weighted by atomic mass is 16.5. The first kappa shape index (κ1) is 18.3. The Bertz CT molecular complexity index is 907. The maximum absolute atomic E-state index is 12.9. The third-order valence-electron chi connectivity index (χ3n) is 4.01. The highest BCUT2D eigenvalue weighted by Gasteiger charge is 2.23. The molecule has 0 saturated heterocycles. The van der Waals surface area contributed by atoms with Crippen molar-refractivity contribution >= 4 is 5.78 Å². The van der Waals surface area contributed by atoms with Crippen LogP contribution in [0.2, 0.25) is 0 Å². The van der Waals surface area contributed by atoms with Crippen molar-refractivity contribution in [3.8, 4) is 17.7 Å². The van der Waals surface area contributed by atoms with Crippen LogP contribution < -0.4 is 10.3 Å². The molecule has 6 nitrogen and oxygen atoms in total. The van der Waals surface area contributed by atoms with Gasteiger partial charge in [0, 0.05) is 12.6 Å². The summed E-state index contributed by atoms with van der Waals surface area (Å²) in [5.41, 5.74) is -0.352. The largest absolute Gasteiger partial charge is 0.494 e. The Labute approximate surface area is 145 Å². The Morgan fingerprint density at radius 1 is 1.40 bits per heavy atom. The average molecular weight is 340 g/mol. The lowest BCUT2D eigenvalue weighted by Gasteiger charge is -2.13. The zero-order valence-corrected chi connectivity index (χ0v) is 14.5. The van der Waals surface area contributed by atoms with Crippen LogP contribution in [-0.4, -0.2) is 22.1 Å². The number of nitrogens with zero attached hydrogens (tertiary/aromatic N) is 2. The molecule has 2 rings (SSSR count). The topological polar surface area (TPSA) is 92.3 Å². The Hall–Kier alpha value is -3.07. The van der Waals surface area contributed by atoms with E-state index in [2.05, 4.69) is 6.92 Å². The summed E-state index contributed by atoms with van der Waals surface area (Å²) in [6.45, 7) is 4.09. The fourth-order valence-corrected chi connectivity index (χ4v) is 2.49. The number of carbonyl (C=O) groups excluding carboxylic acids is 1. The first-order valence-corrected chi connectivity index (χ1v) is 8.02. The van der Waals surface area contributed by atoms with Crippen LogP contribution in [0.4, 0.5) is 0 Å². The van der Waals surface area contributed by atoms with Gasteiger partial charge in [-0.25, -0.2) is 0 Å². The number of ether oxygens (including phenoxy) is 1. The van der Waals surface area contributed by atoms with Crippen molar-refractivity contribution in [1.82, 2.24) is 4.57 Å². The Kier molecular flexibility index (Phi) is 5.60. The van der Waals surface area contributed by atoms with Crippen molar-refractivity contribution in [3.63, 3.8) is 0 Å². The summed E-state index contributed by atoms with van der Waals surface area (Å²) in [7, 11) is 1.32. The lowest BCUT2D eigenvalue weighted by molar-refractivity contribution is 0.103. The number of ketones is 1. The van der Waals surface area contributed by atoms with Gasteiger partial charge in [0.2, 0.25) is 5.88 Å². The second-order valence-corrected chi connectivity index (χ2v) is 5.73. The SMILES string of the molecule is CCCCOc1cccc(C(=O)c2c(C)c(C#N)c(=O)n(C)c2O)c1. The van der Waals surface area contributed by atoms with Crippen LogP contribution in [0, 0.1) is 18.3 Å². The second-order valence-electron chi connectivity index (χ2n) is 5.73. The van der Waals surface area contributed by atoms with E-state index in [4.69, 9.17) is 4.74 Å². The van der Waals surface area contributed by atoms with Crippen molar-refractivity contribution in [3.05, 3.63) is 56.9 Å². The molecule has 0 aliphatic heterocycles. The van der Waals surface area contributed by atoms with Gasteiger partial charge in [-0.05, 0) is 31.0 Å². The molecule has 0 fully saturated rings. The summed E-state index contributed by atoms with van der Waals surface area (Å²) in [5, 5.41) is 19.4. The number of aromatic nitrogens is 1. The minimum atomic E-state index is -0.634. The number of nitriles is 1. The Morgan fingerprint density at radius 2 is 2.12 bits per heavy atom. The normalized spacial score (nSPS) is 10.3. The van der Waals surface area contributed by atoms with E-state index >= 15 is 0 Å². The maximum atomic E-state index is 12.9. The zero-order chi connectivity index (χ0) is 18.6. The molecule has 25 heavy (non-hydrogen) atoms. The summed E-state index contributed by atoms with van der Waals surface area (Å²) in [6.07, 6.45) is 1.91. The minimum absolute atomic E-state index is 0.0515. The summed E-state index contributed by atoms with van der Waals surface area (Å²) >= 11 is 0. The van der Waals surface area contributed by atoms with E-state index in [0.717, 1.165) is 17.4 Å². The van der Waals surface area contributed by atoms with Crippen molar-refractivity contribution < 1.29 is 14.6 Å². The minimum Gasteiger partial charge on any atom is -0.494 e. The summed E-state index contributed by atoms with van der Waals surface area (Å²) < 4.78 is 6.50. The Morgan fingerprint density at radius 3 is 2.76 bits per heavy atom. The first-order valence-electron chi connectivity index (χ1n) is 8.02. The van der Waals surface area contributed by atoms with Gasteiger partial charge in [0.05, 0.1) is 12.2 Å². The van der Waals surface area contributed by atoms with Crippen molar-refractivity contribution in [2.24, 2.45) is 7.05 Å². The van der Waals surface area contributed by atoms with Crippen LogP contribution in [0.25, 0.3) is 0 Å². The van der Waals surface area contributed by atoms with Crippen molar-refractivity contribution in [2.45, 2.75) is 26.7 Å². The molecule has 130 valence electrons. The van der Waals surface area contributed by atoms with Crippen LogP contribution in [0.5, 0.6) is 11.6 Å².